The average molecular weight is 196 g/mol. The normalized spacial score (nSPS) is 11.4. The van der Waals surface area contributed by atoms with E-state index in [2.05, 4.69) is 0 Å². The van der Waals surface area contributed by atoms with E-state index in [1.807, 2.05) is 13.8 Å². The Hall–Kier alpha value is -1.29. The molecular weight excluding hydrogens is 180 g/mol. The number of carbonyl (C=O) groups is 1. The van der Waals surface area contributed by atoms with Crippen molar-refractivity contribution in [1.29, 1.82) is 0 Å². The second kappa shape index (κ2) is 3.84. The number of nitrogens with two attached hydrogens (primary N) is 1. The van der Waals surface area contributed by atoms with Crippen LogP contribution >= 0.6 is 0 Å². The van der Waals surface area contributed by atoms with Crippen LogP contribution < -0.4 is 5.73 Å². The van der Waals surface area contributed by atoms with Crippen LogP contribution in [0.3, 0.4) is 0 Å². The first kappa shape index (κ1) is 10.8. The highest BCUT2D eigenvalue weighted by molar-refractivity contribution is 5.94. The van der Waals surface area contributed by atoms with Crippen molar-refractivity contribution in [3.05, 3.63) is 24.2 Å². The number of hydrogen-bond donors (Lipinski definition) is 1. The monoisotopic (exact) mass is 196 g/mol. The predicted molar refractivity (Wildman–Crippen MR) is 53.9 cm³/mol. The number of nitrogens with zero attached hydrogens (tertiary/aromatic N) is 1. The van der Waals surface area contributed by atoms with Crippen molar-refractivity contribution in [1.82, 2.24) is 4.90 Å². The van der Waals surface area contributed by atoms with Gasteiger partial charge < -0.3 is 15.1 Å². The molecule has 0 radical (unpaired) electrons. The molecule has 14 heavy (non-hydrogen) atoms. The quantitative estimate of drug-likeness (QED) is 0.787. The molecule has 0 bridgehead atoms. The van der Waals surface area contributed by atoms with Crippen molar-refractivity contribution in [3.8, 4) is 0 Å². The van der Waals surface area contributed by atoms with E-state index in [0.717, 1.165) is 0 Å². The Bertz CT molecular complexity index is 304. The fraction of sp³-hybridized carbons (Fsp3) is 0.500. The minimum Gasteiger partial charge on any atom is -0.472 e. The maximum absolute atomic E-state index is 11.8. The van der Waals surface area contributed by atoms with Gasteiger partial charge in [-0.25, -0.2) is 0 Å². The molecule has 0 aliphatic heterocycles. The Morgan fingerprint density at radius 2 is 2.29 bits per heavy atom. The molecule has 0 aliphatic carbocycles. The van der Waals surface area contributed by atoms with Crippen molar-refractivity contribution in [2.45, 2.75) is 19.4 Å². The van der Waals surface area contributed by atoms with Gasteiger partial charge in [-0.1, -0.05) is 0 Å². The third-order valence-corrected chi connectivity index (χ3v) is 2.48. The van der Waals surface area contributed by atoms with Crippen molar-refractivity contribution in [3.63, 3.8) is 0 Å². The van der Waals surface area contributed by atoms with Crippen molar-refractivity contribution in [2.75, 3.05) is 13.6 Å². The fourth-order valence-electron chi connectivity index (χ4n) is 0.992. The Morgan fingerprint density at radius 3 is 2.71 bits per heavy atom. The summed E-state index contributed by atoms with van der Waals surface area (Å²) in [6, 6.07) is 1.64. The van der Waals surface area contributed by atoms with E-state index in [4.69, 9.17) is 10.2 Å². The van der Waals surface area contributed by atoms with Gasteiger partial charge in [0, 0.05) is 19.1 Å². The zero-order valence-corrected chi connectivity index (χ0v) is 8.78. The Kier molecular flexibility index (Phi) is 2.96. The number of rotatable bonds is 3. The van der Waals surface area contributed by atoms with Crippen LogP contribution in [0.1, 0.15) is 24.2 Å². The maximum Gasteiger partial charge on any atom is 0.257 e. The van der Waals surface area contributed by atoms with Gasteiger partial charge in [0.2, 0.25) is 0 Å². The lowest BCUT2D eigenvalue weighted by molar-refractivity contribution is 0.0639. The average Bonchev–Trinajstić information content (AvgIpc) is 2.68. The molecule has 2 N–H and O–H groups in total. The molecule has 1 heterocycles. The molecule has 4 nitrogen and oxygen atoms in total. The van der Waals surface area contributed by atoms with E-state index < -0.39 is 0 Å². The summed E-state index contributed by atoms with van der Waals surface area (Å²) in [6.45, 7) is 4.27. The van der Waals surface area contributed by atoms with E-state index in [1.54, 1.807) is 18.0 Å². The largest absolute Gasteiger partial charge is 0.472 e. The van der Waals surface area contributed by atoms with Crippen molar-refractivity contribution in [2.24, 2.45) is 5.73 Å². The second-order valence-electron chi connectivity index (χ2n) is 3.89. The molecule has 1 amide bonds. The molecule has 0 aromatic carbocycles. The van der Waals surface area contributed by atoms with E-state index in [9.17, 15) is 4.79 Å². The first-order chi connectivity index (χ1) is 6.49. The summed E-state index contributed by atoms with van der Waals surface area (Å²) in [5, 5.41) is 0. The first-order valence-electron chi connectivity index (χ1n) is 4.49. The molecule has 0 saturated heterocycles. The molecule has 4 heteroatoms. The van der Waals surface area contributed by atoms with Crippen molar-refractivity contribution < 1.29 is 9.21 Å². The molecular formula is C10H16N2O2. The van der Waals surface area contributed by atoms with Crippen LogP contribution in [-0.4, -0.2) is 29.9 Å². The van der Waals surface area contributed by atoms with Crippen LogP contribution in [0, 0.1) is 0 Å². The zero-order chi connectivity index (χ0) is 10.8. The maximum atomic E-state index is 11.8. The first-order valence-corrected chi connectivity index (χ1v) is 4.49. The molecule has 0 fully saturated rings. The lowest BCUT2D eigenvalue weighted by atomic mass is 10.0. The van der Waals surface area contributed by atoms with Gasteiger partial charge >= 0.3 is 0 Å². The van der Waals surface area contributed by atoms with Gasteiger partial charge in [-0.15, -0.1) is 0 Å². The highest BCUT2D eigenvalue weighted by atomic mass is 16.3. The molecule has 1 rings (SSSR count). The number of furan rings is 1. The van der Waals surface area contributed by atoms with Crippen LogP contribution in [-0.2, 0) is 0 Å². The van der Waals surface area contributed by atoms with Gasteiger partial charge in [0.1, 0.15) is 6.26 Å². The standard InChI is InChI=1S/C10H16N2O2/c1-10(2,7-11)12(3)9(13)8-4-5-14-6-8/h4-6H,7,11H2,1-3H3. The second-order valence-corrected chi connectivity index (χ2v) is 3.89. The summed E-state index contributed by atoms with van der Waals surface area (Å²) in [5.74, 6) is -0.0748. The highest BCUT2D eigenvalue weighted by Gasteiger charge is 2.27. The van der Waals surface area contributed by atoms with Gasteiger partial charge in [-0.2, -0.15) is 0 Å². The minimum absolute atomic E-state index is 0.0748. The number of amides is 1. The SMILES string of the molecule is CN(C(=O)c1ccoc1)C(C)(C)CN. The molecule has 1 aromatic rings. The number of carbonyl (C=O) groups excluding carboxylic acids is 1. The molecule has 78 valence electrons. The zero-order valence-electron chi connectivity index (χ0n) is 8.78. The summed E-state index contributed by atoms with van der Waals surface area (Å²) in [4.78, 5) is 13.4. The summed E-state index contributed by atoms with van der Waals surface area (Å²) in [5.41, 5.74) is 5.79. The Balaban J connectivity index is 2.81. The lowest BCUT2D eigenvalue weighted by Gasteiger charge is -2.34. The van der Waals surface area contributed by atoms with E-state index in [1.165, 1.54) is 12.5 Å². The van der Waals surface area contributed by atoms with Crippen LogP contribution in [0.2, 0.25) is 0 Å². The molecule has 1 aromatic heterocycles. The number of hydrogen-bond acceptors (Lipinski definition) is 3. The summed E-state index contributed by atoms with van der Waals surface area (Å²) in [6.07, 6.45) is 2.92. The van der Waals surface area contributed by atoms with Crippen molar-refractivity contribution >= 4 is 5.91 Å². The molecule has 0 aliphatic rings. The molecule has 0 saturated carbocycles. The van der Waals surface area contributed by atoms with Crippen LogP contribution in [0.5, 0.6) is 0 Å². The summed E-state index contributed by atoms with van der Waals surface area (Å²) >= 11 is 0. The smallest absolute Gasteiger partial charge is 0.257 e. The van der Waals surface area contributed by atoms with E-state index in [-0.39, 0.29) is 11.4 Å². The summed E-state index contributed by atoms with van der Waals surface area (Å²) < 4.78 is 4.85. The number of likely N-dealkylation sites (N-methyl/N-ethyl adjacent to an activating group) is 1. The third kappa shape index (κ3) is 1.96. The van der Waals surface area contributed by atoms with Crippen LogP contribution in [0.15, 0.2) is 23.0 Å². The van der Waals surface area contributed by atoms with Crippen LogP contribution in [0.25, 0.3) is 0 Å². The Morgan fingerprint density at radius 1 is 1.64 bits per heavy atom. The van der Waals surface area contributed by atoms with Gasteiger partial charge in [0.05, 0.1) is 11.8 Å². The predicted octanol–water partition coefficient (Wildman–Crippen LogP) is 1.09. The topological polar surface area (TPSA) is 59.5 Å². The van der Waals surface area contributed by atoms with Gasteiger partial charge in [0.15, 0.2) is 0 Å². The molecule has 0 atom stereocenters. The highest BCUT2D eigenvalue weighted by Crippen LogP contribution is 2.14. The van der Waals surface area contributed by atoms with Gasteiger partial charge in [-0.05, 0) is 19.9 Å². The third-order valence-electron chi connectivity index (χ3n) is 2.48. The van der Waals surface area contributed by atoms with E-state index >= 15 is 0 Å². The molecule has 0 unspecified atom stereocenters. The van der Waals surface area contributed by atoms with E-state index in [0.29, 0.717) is 12.1 Å². The van der Waals surface area contributed by atoms with Gasteiger partial charge in [-0.3, -0.25) is 4.79 Å². The van der Waals surface area contributed by atoms with Crippen LogP contribution in [0.4, 0.5) is 0 Å². The fourth-order valence-corrected chi connectivity index (χ4v) is 0.992. The minimum atomic E-state index is -0.339. The lowest BCUT2D eigenvalue weighted by Crippen LogP contribution is -2.49. The molecule has 0 spiro atoms. The van der Waals surface area contributed by atoms with Gasteiger partial charge in [0.25, 0.3) is 5.91 Å². The Labute approximate surface area is 83.7 Å². The summed E-state index contributed by atoms with van der Waals surface area (Å²) in [7, 11) is 1.74.